The van der Waals surface area contributed by atoms with Gasteiger partial charge in [-0.15, -0.1) is 11.3 Å². The largest absolute Gasteiger partial charge is 0.493 e. The highest BCUT2D eigenvalue weighted by Gasteiger charge is 2.36. The first-order chi connectivity index (χ1) is 14.8. The Balaban J connectivity index is 1.87. The second-order valence-electron chi connectivity index (χ2n) is 7.10. The monoisotopic (exact) mass is 458 g/mol. The molecule has 10 heteroatoms. The van der Waals surface area contributed by atoms with Gasteiger partial charge in [0.25, 0.3) is 5.56 Å². The molecule has 0 radical (unpaired) electrons. The lowest BCUT2D eigenvalue weighted by atomic mass is 10.0. The molecule has 0 spiro atoms. The smallest absolute Gasteiger partial charge is 0.335 e. The normalized spacial score (nSPS) is 15.9. The Bertz CT molecular complexity index is 1320. The lowest BCUT2D eigenvalue weighted by molar-refractivity contribution is -0.132. The van der Waals surface area contributed by atoms with Gasteiger partial charge in [-0.25, -0.2) is 14.4 Å². The number of aromatic hydroxyl groups is 1. The zero-order valence-corrected chi connectivity index (χ0v) is 18.3. The Morgan fingerprint density at radius 1 is 1.35 bits per heavy atom. The van der Waals surface area contributed by atoms with Gasteiger partial charge in [0.05, 0.1) is 17.4 Å². The number of amides is 1. The SMILES string of the molecule is CCC(=O)N1N=C(c2c(O)n(-c3cccc(Cl)c3)c(=O)[nH]c2=O)C[C@@H]1c1sccc1C. The van der Waals surface area contributed by atoms with E-state index in [1.165, 1.54) is 22.4 Å². The molecule has 1 aliphatic heterocycles. The van der Waals surface area contributed by atoms with Crippen molar-refractivity contribution in [2.24, 2.45) is 5.10 Å². The number of thiophene rings is 1. The number of hydrogen-bond donors (Lipinski definition) is 2. The van der Waals surface area contributed by atoms with Crippen molar-refractivity contribution < 1.29 is 9.90 Å². The first-order valence-electron chi connectivity index (χ1n) is 9.60. The van der Waals surface area contributed by atoms with Gasteiger partial charge in [-0.2, -0.15) is 5.10 Å². The third-order valence-corrected chi connectivity index (χ3v) is 6.47. The minimum atomic E-state index is -0.806. The first kappa shape index (κ1) is 21.1. The van der Waals surface area contributed by atoms with E-state index in [4.69, 9.17) is 11.6 Å². The zero-order chi connectivity index (χ0) is 22.3. The molecule has 0 unspecified atom stereocenters. The summed E-state index contributed by atoms with van der Waals surface area (Å²) in [7, 11) is 0. The summed E-state index contributed by atoms with van der Waals surface area (Å²) < 4.78 is 0.959. The van der Waals surface area contributed by atoms with Crippen molar-refractivity contribution in [1.29, 1.82) is 0 Å². The number of nitrogens with zero attached hydrogens (tertiary/aromatic N) is 3. The average Bonchev–Trinajstić information content (AvgIpc) is 3.33. The molecule has 4 rings (SSSR count). The van der Waals surface area contributed by atoms with Crippen molar-refractivity contribution in [3.05, 3.63) is 77.6 Å². The number of aromatic nitrogens is 2. The molecule has 1 atom stereocenters. The lowest BCUT2D eigenvalue weighted by Gasteiger charge is -2.20. The van der Waals surface area contributed by atoms with Crippen molar-refractivity contribution in [1.82, 2.24) is 14.6 Å². The highest BCUT2D eigenvalue weighted by Crippen LogP contribution is 2.38. The topological polar surface area (TPSA) is 108 Å². The van der Waals surface area contributed by atoms with Gasteiger partial charge in [0, 0.05) is 22.7 Å². The minimum absolute atomic E-state index is 0.148. The van der Waals surface area contributed by atoms with E-state index in [-0.39, 0.29) is 36.1 Å². The number of carbonyl (C=O) groups excluding carboxylic acids is 1. The van der Waals surface area contributed by atoms with E-state index >= 15 is 0 Å². The molecule has 0 saturated heterocycles. The summed E-state index contributed by atoms with van der Waals surface area (Å²) >= 11 is 7.53. The van der Waals surface area contributed by atoms with Crippen LogP contribution >= 0.6 is 22.9 Å². The third kappa shape index (κ3) is 3.70. The molecule has 1 aromatic carbocycles. The Morgan fingerprint density at radius 3 is 2.77 bits per heavy atom. The Labute approximate surface area is 186 Å². The molecule has 0 saturated carbocycles. The zero-order valence-electron chi connectivity index (χ0n) is 16.8. The molecule has 31 heavy (non-hydrogen) atoms. The van der Waals surface area contributed by atoms with Crippen LogP contribution in [0.5, 0.6) is 5.88 Å². The van der Waals surface area contributed by atoms with Crippen molar-refractivity contribution in [3.63, 3.8) is 0 Å². The summed E-state index contributed by atoms with van der Waals surface area (Å²) in [5.41, 5.74) is -0.189. The van der Waals surface area contributed by atoms with Crippen LogP contribution in [0.15, 0.2) is 50.4 Å². The number of benzene rings is 1. The molecule has 3 heterocycles. The van der Waals surface area contributed by atoms with Crippen molar-refractivity contribution in [2.45, 2.75) is 32.7 Å². The van der Waals surface area contributed by atoms with E-state index in [1.54, 1.807) is 25.1 Å². The fourth-order valence-corrected chi connectivity index (χ4v) is 4.82. The summed E-state index contributed by atoms with van der Waals surface area (Å²) in [5, 5.41) is 19.0. The number of rotatable bonds is 4. The van der Waals surface area contributed by atoms with E-state index in [2.05, 4.69) is 10.1 Å². The standard InChI is InChI=1S/C21H19ClN4O4S/c1-3-16(27)26-15(18-11(2)7-8-31-18)10-14(24-26)17-19(28)23-21(30)25(20(17)29)13-6-4-5-12(22)9-13/h4-9,15,29H,3,10H2,1-2H3,(H,23,28,30)/t15-/m1/s1. The fraction of sp³-hybridized carbons (Fsp3) is 0.238. The van der Waals surface area contributed by atoms with E-state index < -0.39 is 17.1 Å². The molecule has 1 aliphatic rings. The third-order valence-electron chi connectivity index (χ3n) is 5.11. The number of aromatic amines is 1. The maximum absolute atomic E-state index is 12.7. The molecule has 1 amide bonds. The Hall–Kier alpha value is -3.17. The van der Waals surface area contributed by atoms with Crippen LogP contribution in [-0.4, -0.2) is 31.3 Å². The first-order valence-corrected chi connectivity index (χ1v) is 10.9. The Kier molecular flexibility index (Phi) is 5.55. The number of halogens is 1. The Morgan fingerprint density at radius 2 is 2.13 bits per heavy atom. The van der Waals surface area contributed by atoms with Crippen LogP contribution in [0.4, 0.5) is 0 Å². The molecule has 2 aromatic heterocycles. The molecule has 0 aliphatic carbocycles. The van der Waals surface area contributed by atoms with Crippen molar-refractivity contribution in [2.75, 3.05) is 0 Å². The molecular weight excluding hydrogens is 440 g/mol. The molecule has 2 N–H and O–H groups in total. The van der Waals surface area contributed by atoms with Gasteiger partial charge in [-0.3, -0.25) is 14.6 Å². The predicted molar refractivity (Wildman–Crippen MR) is 119 cm³/mol. The van der Waals surface area contributed by atoms with Gasteiger partial charge >= 0.3 is 5.69 Å². The van der Waals surface area contributed by atoms with Crippen LogP contribution in [0, 0.1) is 6.92 Å². The van der Waals surface area contributed by atoms with Crippen LogP contribution in [0.3, 0.4) is 0 Å². The number of aryl methyl sites for hydroxylation is 1. The van der Waals surface area contributed by atoms with Crippen LogP contribution in [0.1, 0.15) is 41.8 Å². The summed E-state index contributed by atoms with van der Waals surface area (Å²) in [6.07, 6.45) is 0.472. The lowest BCUT2D eigenvalue weighted by Crippen LogP contribution is -2.33. The second-order valence-corrected chi connectivity index (χ2v) is 8.48. The van der Waals surface area contributed by atoms with Gasteiger partial charge in [0.1, 0.15) is 5.56 Å². The average molecular weight is 459 g/mol. The van der Waals surface area contributed by atoms with Gasteiger partial charge in [-0.05, 0) is 42.1 Å². The number of H-pyrrole nitrogens is 1. The van der Waals surface area contributed by atoms with Gasteiger partial charge in [0.2, 0.25) is 11.8 Å². The summed E-state index contributed by atoms with van der Waals surface area (Å²) in [4.78, 5) is 40.9. The number of hydrazone groups is 1. The van der Waals surface area contributed by atoms with Gasteiger partial charge in [-0.1, -0.05) is 24.6 Å². The molecular formula is C21H19ClN4O4S. The molecule has 3 aromatic rings. The minimum Gasteiger partial charge on any atom is -0.493 e. The van der Waals surface area contributed by atoms with E-state index in [0.29, 0.717) is 10.7 Å². The van der Waals surface area contributed by atoms with Gasteiger partial charge in [0.15, 0.2) is 0 Å². The van der Waals surface area contributed by atoms with E-state index in [0.717, 1.165) is 15.0 Å². The van der Waals surface area contributed by atoms with Crippen molar-refractivity contribution >= 4 is 34.6 Å². The summed E-state index contributed by atoms with van der Waals surface area (Å²) in [6.45, 7) is 3.68. The van der Waals surface area contributed by atoms with Crippen LogP contribution in [-0.2, 0) is 4.79 Å². The van der Waals surface area contributed by atoms with Crippen LogP contribution in [0.25, 0.3) is 5.69 Å². The van der Waals surface area contributed by atoms with E-state index in [9.17, 15) is 19.5 Å². The fourth-order valence-electron chi connectivity index (χ4n) is 3.62. The highest BCUT2D eigenvalue weighted by atomic mass is 35.5. The molecule has 160 valence electrons. The maximum Gasteiger partial charge on any atom is 0.335 e. The molecule has 0 bridgehead atoms. The predicted octanol–water partition coefficient (Wildman–Crippen LogP) is 3.34. The molecule has 8 nitrogen and oxygen atoms in total. The number of carbonyl (C=O) groups is 1. The van der Waals surface area contributed by atoms with Crippen molar-refractivity contribution in [3.8, 4) is 11.6 Å². The second kappa shape index (κ2) is 8.16. The molecule has 0 fully saturated rings. The summed E-state index contributed by atoms with van der Waals surface area (Å²) in [6, 6.07) is 7.90. The van der Waals surface area contributed by atoms with Crippen LogP contribution < -0.4 is 11.2 Å². The van der Waals surface area contributed by atoms with E-state index in [1.807, 2.05) is 18.4 Å². The highest BCUT2D eigenvalue weighted by molar-refractivity contribution is 7.10. The van der Waals surface area contributed by atoms with Gasteiger partial charge < -0.3 is 5.11 Å². The van der Waals surface area contributed by atoms with Crippen LogP contribution in [0.2, 0.25) is 5.02 Å². The quantitative estimate of drug-likeness (QED) is 0.625. The summed E-state index contributed by atoms with van der Waals surface area (Å²) in [5.74, 6) is -0.755. The number of nitrogens with one attached hydrogen (secondary N) is 1. The maximum atomic E-state index is 12.7. The number of hydrogen-bond acceptors (Lipinski definition) is 6.